The van der Waals surface area contributed by atoms with Crippen LogP contribution in [0.3, 0.4) is 0 Å². The molecule has 1 aliphatic rings. The van der Waals surface area contributed by atoms with E-state index in [9.17, 15) is 4.79 Å². The molecule has 0 saturated carbocycles. The van der Waals surface area contributed by atoms with Gasteiger partial charge in [0.2, 0.25) is 5.91 Å². The maximum atomic E-state index is 11.0. The second-order valence-corrected chi connectivity index (χ2v) is 4.46. The molecule has 1 heterocycles. The molecule has 5 heteroatoms. The van der Waals surface area contributed by atoms with Gasteiger partial charge < -0.3 is 15.4 Å². The van der Waals surface area contributed by atoms with E-state index in [1.165, 1.54) is 6.92 Å². The molecular weight excluding hydrogens is 240 g/mol. The maximum absolute atomic E-state index is 11.0. The molecule has 2 N–H and O–H groups in total. The first-order valence-electron chi connectivity index (χ1n) is 5.54. The summed E-state index contributed by atoms with van der Waals surface area (Å²) in [7, 11) is 0. The van der Waals surface area contributed by atoms with Crippen LogP contribution in [-0.4, -0.2) is 25.2 Å². The second kappa shape index (κ2) is 5.49. The Morgan fingerprint density at radius 3 is 2.76 bits per heavy atom. The zero-order valence-electron chi connectivity index (χ0n) is 9.57. The van der Waals surface area contributed by atoms with Crippen LogP contribution < -0.4 is 10.6 Å². The van der Waals surface area contributed by atoms with Crippen molar-refractivity contribution in [3.05, 3.63) is 34.9 Å². The highest BCUT2D eigenvalue weighted by Gasteiger charge is 2.23. The van der Waals surface area contributed by atoms with Crippen molar-refractivity contribution in [1.29, 1.82) is 0 Å². The van der Waals surface area contributed by atoms with Gasteiger partial charge in [-0.25, -0.2) is 0 Å². The predicted molar refractivity (Wildman–Crippen MR) is 65.8 cm³/mol. The lowest BCUT2D eigenvalue weighted by molar-refractivity contribution is -0.127. The molecule has 92 valence electrons. The highest BCUT2D eigenvalue weighted by atomic mass is 35.5. The summed E-state index contributed by atoms with van der Waals surface area (Å²) in [6.45, 7) is 2.84. The molecule has 1 aromatic carbocycles. The number of amides is 1. The molecule has 0 bridgehead atoms. The van der Waals surface area contributed by atoms with Gasteiger partial charge in [0, 0.05) is 25.0 Å². The minimum absolute atomic E-state index is 0.0575. The van der Waals surface area contributed by atoms with Crippen LogP contribution in [0.4, 0.5) is 0 Å². The first-order chi connectivity index (χ1) is 8.15. The number of benzene rings is 1. The van der Waals surface area contributed by atoms with Crippen molar-refractivity contribution in [3.8, 4) is 0 Å². The predicted octanol–water partition coefficient (Wildman–Crippen LogP) is 1.46. The topological polar surface area (TPSA) is 50.4 Å². The highest BCUT2D eigenvalue weighted by molar-refractivity contribution is 6.30. The monoisotopic (exact) mass is 254 g/mol. The number of rotatable bonds is 2. The van der Waals surface area contributed by atoms with E-state index in [-0.39, 0.29) is 18.2 Å². The number of halogens is 1. The van der Waals surface area contributed by atoms with Crippen molar-refractivity contribution >= 4 is 17.5 Å². The number of hydrogen-bond acceptors (Lipinski definition) is 3. The van der Waals surface area contributed by atoms with E-state index in [2.05, 4.69) is 10.6 Å². The summed E-state index contributed by atoms with van der Waals surface area (Å²) in [6, 6.07) is 7.54. The summed E-state index contributed by atoms with van der Waals surface area (Å²) in [5.74, 6) is -0.0893. The molecule has 0 spiro atoms. The third-order valence-electron chi connectivity index (χ3n) is 2.59. The molecule has 1 fully saturated rings. The Labute approximate surface area is 105 Å². The lowest BCUT2D eigenvalue weighted by atomic mass is 10.1. The van der Waals surface area contributed by atoms with Crippen LogP contribution in [0.5, 0.6) is 0 Å². The Balaban J connectivity index is 2.01. The van der Waals surface area contributed by atoms with E-state index < -0.39 is 0 Å². The van der Waals surface area contributed by atoms with Gasteiger partial charge in [0.1, 0.15) is 6.23 Å². The number of carbonyl (C=O) groups is 1. The summed E-state index contributed by atoms with van der Waals surface area (Å²) in [5.41, 5.74) is 1.05. The van der Waals surface area contributed by atoms with Gasteiger partial charge in [-0.2, -0.15) is 0 Å². The molecule has 2 atom stereocenters. The van der Waals surface area contributed by atoms with Crippen molar-refractivity contribution in [3.63, 3.8) is 0 Å². The van der Waals surface area contributed by atoms with E-state index in [0.717, 1.165) is 12.1 Å². The number of ether oxygens (including phenoxy) is 1. The summed E-state index contributed by atoms with van der Waals surface area (Å²) < 4.78 is 5.79. The maximum Gasteiger partial charge on any atom is 0.218 e. The second-order valence-electron chi connectivity index (χ2n) is 4.02. The summed E-state index contributed by atoms with van der Waals surface area (Å²) in [5, 5.41) is 6.68. The van der Waals surface area contributed by atoms with Gasteiger partial charge in [-0.05, 0) is 17.7 Å². The SMILES string of the molecule is CC(=O)NC1CNCC(c2ccc(Cl)cc2)O1. The average molecular weight is 255 g/mol. The minimum Gasteiger partial charge on any atom is -0.348 e. The largest absolute Gasteiger partial charge is 0.348 e. The fourth-order valence-electron chi connectivity index (χ4n) is 1.83. The van der Waals surface area contributed by atoms with Gasteiger partial charge in [0.05, 0.1) is 6.10 Å². The third kappa shape index (κ3) is 3.43. The van der Waals surface area contributed by atoms with E-state index >= 15 is 0 Å². The normalized spacial score (nSPS) is 24.4. The molecule has 2 unspecified atom stereocenters. The third-order valence-corrected chi connectivity index (χ3v) is 2.85. The first-order valence-corrected chi connectivity index (χ1v) is 5.91. The lowest BCUT2D eigenvalue weighted by Crippen LogP contribution is -2.49. The molecule has 0 aromatic heterocycles. The van der Waals surface area contributed by atoms with Crippen molar-refractivity contribution in [2.75, 3.05) is 13.1 Å². The summed E-state index contributed by atoms with van der Waals surface area (Å²) >= 11 is 5.83. The Kier molecular flexibility index (Phi) is 3.99. The molecule has 17 heavy (non-hydrogen) atoms. The molecule has 4 nitrogen and oxygen atoms in total. The Morgan fingerprint density at radius 1 is 1.41 bits per heavy atom. The van der Waals surface area contributed by atoms with Crippen LogP contribution in [0, 0.1) is 0 Å². The van der Waals surface area contributed by atoms with Crippen LogP contribution in [0.1, 0.15) is 18.6 Å². The molecule has 1 amide bonds. The summed E-state index contributed by atoms with van der Waals surface area (Å²) in [4.78, 5) is 11.0. The first kappa shape index (κ1) is 12.4. The van der Waals surface area contributed by atoms with Crippen LogP contribution in [0.15, 0.2) is 24.3 Å². The average Bonchev–Trinajstić information content (AvgIpc) is 2.29. The number of morpholine rings is 1. The summed E-state index contributed by atoms with van der Waals surface area (Å²) in [6.07, 6.45) is -0.334. The van der Waals surface area contributed by atoms with Gasteiger partial charge in [-0.15, -0.1) is 0 Å². The van der Waals surface area contributed by atoms with Gasteiger partial charge in [-0.3, -0.25) is 4.79 Å². The van der Waals surface area contributed by atoms with Gasteiger partial charge >= 0.3 is 0 Å². The number of carbonyl (C=O) groups excluding carboxylic acids is 1. The molecular formula is C12H15ClN2O2. The van der Waals surface area contributed by atoms with Gasteiger partial charge in [0.15, 0.2) is 0 Å². The fraction of sp³-hybridized carbons (Fsp3) is 0.417. The van der Waals surface area contributed by atoms with Crippen molar-refractivity contribution in [1.82, 2.24) is 10.6 Å². The highest BCUT2D eigenvalue weighted by Crippen LogP contribution is 2.22. The van der Waals surface area contributed by atoms with E-state index in [4.69, 9.17) is 16.3 Å². The van der Waals surface area contributed by atoms with Crippen LogP contribution >= 0.6 is 11.6 Å². The van der Waals surface area contributed by atoms with Gasteiger partial charge in [0.25, 0.3) is 0 Å². The molecule has 1 aromatic rings. The van der Waals surface area contributed by atoms with Crippen molar-refractivity contribution < 1.29 is 9.53 Å². The quantitative estimate of drug-likeness (QED) is 0.840. The molecule has 2 rings (SSSR count). The Hall–Kier alpha value is -1.10. The zero-order valence-corrected chi connectivity index (χ0v) is 10.3. The minimum atomic E-state index is -0.276. The van der Waals surface area contributed by atoms with Crippen molar-refractivity contribution in [2.45, 2.75) is 19.3 Å². The number of nitrogens with one attached hydrogen (secondary N) is 2. The van der Waals surface area contributed by atoms with Gasteiger partial charge in [-0.1, -0.05) is 23.7 Å². The standard InChI is InChI=1S/C12H15ClN2O2/c1-8(16)15-12-7-14-6-11(17-12)9-2-4-10(13)5-3-9/h2-5,11-12,14H,6-7H2,1H3,(H,15,16). The number of hydrogen-bond donors (Lipinski definition) is 2. The molecule has 0 radical (unpaired) electrons. The van der Waals surface area contributed by atoms with Crippen molar-refractivity contribution in [2.24, 2.45) is 0 Å². The lowest BCUT2D eigenvalue weighted by Gasteiger charge is -2.31. The van der Waals surface area contributed by atoms with Crippen LogP contribution in [-0.2, 0) is 9.53 Å². The Morgan fingerprint density at radius 2 is 2.12 bits per heavy atom. The Bertz CT molecular complexity index is 394. The molecule has 1 saturated heterocycles. The van der Waals surface area contributed by atoms with E-state index in [1.54, 1.807) is 0 Å². The smallest absolute Gasteiger partial charge is 0.218 e. The van der Waals surface area contributed by atoms with E-state index in [1.807, 2.05) is 24.3 Å². The van der Waals surface area contributed by atoms with Crippen LogP contribution in [0.25, 0.3) is 0 Å². The fourth-order valence-corrected chi connectivity index (χ4v) is 1.95. The van der Waals surface area contributed by atoms with Crippen LogP contribution in [0.2, 0.25) is 5.02 Å². The molecule has 0 aliphatic carbocycles. The zero-order chi connectivity index (χ0) is 12.3. The molecule has 1 aliphatic heterocycles. The van der Waals surface area contributed by atoms with E-state index in [0.29, 0.717) is 11.6 Å².